The lowest BCUT2D eigenvalue weighted by Gasteiger charge is -2.00. The molecule has 0 radical (unpaired) electrons. The third kappa shape index (κ3) is 2.01. The molecule has 0 saturated carbocycles. The number of rotatable bonds is 3. The number of hydrogen-bond acceptors (Lipinski definition) is 4. The van der Waals surface area contributed by atoms with Crippen LogP contribution in [0, 0.1) is 6.92 Å². The van der Waals surface area contributed by atoms with Crippen molar-refractivity contribution in [3.63, 3.8) is 0 Å². The molecule has 0 unspecified atom stereocenters. The molecule has 0 atom stereocenters. The van der Waals surface area contributed by atoms with Crippen LogP contribution in [0.25, 0.3) is 0 Å². The third-order valence-corrected chi connectivity index (χ3v) is 3.39. The van der Waals surface area contributed by atoms with Crippen LogP contribution in [0.15, 0.2) is 10.9 Å². The third-order valence-electron chi connectivity index (χ3n) is 2.31. The monoisotopic (exact) mass is 255 g/mol. The largest absolute Gasteiger partial charge is 0.292 e. The average Bonchev–Trinajstić information content (AvgIpc) is 2.83. The van der Waals surface area contributed by atoms with Crippen LogP contribution in [0.1, 0.15) is 21.9 Å². The van der Waals surface area contributed by atoms with E-state index >= 15 is 0 Å². The molecule has 0 aliphatic carbocycles. The number of nitrogens with zero attached hydrogens (tertiary/aromatic N) is 3. The molecule has 0 fully saturated rings. The summed E-state index contributed by atoms with van der Waals surface area (Å²) in [5.41, 5.74) is 3.60. The van der Waals surface area contributed by atoms with Gasteiger partial charge in [-0.25, -0.2) is 4.98 Å². The van der Waals surface area contributed by atoms with E-state index in [-0.39, 0.29) is 12.2 Å². The van der Waals surface area contributed by atoms with Gasteiger partial charge in [0, 0.05) is 12.4 Å². The molecule has 2 aromatic rings. The van der Waals surface area contributed by atoms with Crippen molar-refractivity contribution in [3.8, 4) is 0 Å². The number of aromatic nitrogens is 3. The molecule has 0 spiro atoms. The minimum atomic E-state index is -0.0360. The van der Waals surface area contributed by atoms with Crippen molar-refractivity contribution in [1.82, 2.24) is 14.8 Å². The second kappa shape index (κ2) is 4.35. The van der Waals surface area contributed by atoms with E-state index in [1.165, 1.54) is 11.3 Å². The van der Waals surface area contributed by atoms with Crippen LogP contribution in [-0.2, 0) is 13.5 Å². The number of ketones is 1. The van der Waals surface area contributed by atoms with Crippen LogP contribution in [0.5, 0.6) is 0 Å². The summed E-state index contributed by atoms with van der Waals surface area (Å²) < 4.78 is 1.64. The molecule has 16 heavy (non-hydrogen) atoms. The lowest BCUT2D eigenvalue weighted by Crippen LogP contribution is -2.08. The molecule has 0 saturated heterocycles. The van der Waals surface area contributed by atoms with Crippen LogP contribution < -0.4 is 0 Å². The van der Waals surface area contributed by atoms with Crippen LogP contribution >= 0.6 is 22.9 Å². The van der Waals surface area contributed by atoms with E-state index in [2.05, 4.69) is 10.1 Å². The Balaban J connectivity index is 2.25. The van der Waals surface area contributed by atoms with Crippen molar-refractivity contribution in [2.45, 2.75) is 13.3 Å². The molecule has 0 aliphatic heterocycles. The van der Waals surface area contributed by atoms with Crippen molar-refractivity contribution in [1.29, 1.82) is 0 Å². The number of carbonyl (C=O) groups is 1. The highest BCUT2D eigenvalue weighted by atomic mass is 35.5. The van der Waals surface area contributed by atoms with Crippen molar-refractivity contribution in [3.05, 3.63) is 33.0 Å². The average molecular weight is 256 g/mol. The molecule has 2 rings (SSSR count). The van der Waals surface area contributed by atoms with Crippen LogP contribution in [0.3, 0.4) is 0 Å². The van der Waals surface area contributed by atoms with Gasteiger partial charge >= 0.3 is 0 Å². The molecular formula is C10H10ClN3OS. The molecule has 0 aliphatic rings. The van der Waals surface area contributed by atoms with Crippen LogP contribution in [-0.4, -0.2) is 20.5 Å². The topological polar surface area (TPSA) is 47.8 Å². The standard InChI is InChI=1S/C10H10ClN3OS/c1-6-10(11)8(14(2)13-6)3-9(15)7-4-16-5-12-7/h4-5H,3H2,1-2H3. The molecule has 84 valence electrons. The molecule has 0 bridgehead atoms. The summed E-state index contributed by atoms with van der Waals surface area (Å²) >= 11 is 7.47. The zero-order chi connectivity index (χ0) is 11.7. The summed E-state index contributed by atoms with van der Waals surface area (Å²) in [6.07, 6.45) is 0.236. The Labute approximate surface area is 102 Å². The molecule has 0 aromatic carbocycles. The van der Waals surface area contributed by atoms with Gasteiger partial charge in [0.05, 0.1) is 28.3 Å². The highest BCUT2D eigenvalue weighted by Gasteiger charge is 2.16. The first-order valence-corrected chi connectivity index (χ1v) is 6.01. The Hall–Kier alpha value is -1.20. The summed E-state index contributed by atoms with van der Waals surface area (Å²) in [5, 5.41) is 6.46. The van der Waals surface area contributed by atoms with Gasteiger partial charge in [0.15, 0.2) is 5.78 Å². The molecule has 2 heterocycles. The van der Waals surface area contributed by atoms with E-state index in [9.17, 15) is 4.79 Å². The fraction of sp³-hybridized carbons (Fsp3) is 0.300. The normalized spacial score (nSPS) is 10.7. The Morgan fingerprint density at radius 2 is 2.38 bits per heavy atom. The van der Waals surface area contributed by atoms with E-state index < -0.39 is 0 Å². The molecule has 2 aromatic heterocycles. The molecule has 4 nitrogen and oxygen atoms in total. The maximum absolute atomic E-state index is 11.8. The number of hydrogen-bond donors (Lipinski definition) is 0. The van der Waals surface area contributed by atoms with Gasteiger partial charge in [-0.3, -0.25) is 9.48 Å². The van der Waals surface area contributed by atoms with Crippen LogP contribution in [0.2, 0.25) is 5.02 Å². The predicted octanol–water partition coefficient (Wildman–Crippen LogP) is 2.26. The lowest BCUT2D eigenvalue weighted by molar-refractivity contribution is 0.0986. The Morgan fingerprint density at radius 1 is 1.62 bits per heavy atom. The van der Waals surface area contributed by atoms with Crippen molar-refractivity contribution in [2.75, 3.05) is 0 Å². The van der Waals surface area contributed by atoms with Gasteiger partial charge in [0.2, 0.25) is 0 Å². The van der Waals surface area contributed by atoms with E-state index in [4.69, 9.17) is 11.6 Å². The summed E-state index contributed by atoms with van der Waals surface area (Å²) in [6.45, 7) is 1.82. The lowest BCUT2D eigenvalue weighted by atomic mass is 10.2. The summed E-state index contributed by atoms with van der Waals surface area (Å²) in [4.78, 5) is 15.8. The molecular weight excluding hydrogens is 246 g/mol. The first-order chi connectivity index (χ1) is 7.59. The number of thiazole rings is 1. The minimum Gasteiger partial charge on any atom is -0.292 e. The maximum Gasteiger partial charge on any atom is 0.188 e. The zero-order valence-electron chi connectivity index (χ0n) is 8.90. The van der Waals surface area contributed by atoms with Gasteiger partial charge in [0.25, 0.3) is 0 Å². The first kappa shape index (κ1) is 11.3. The SMILES string of the molecule is Cc1nn(C)c(CC(=O)c2cscn2)c1Cl. The fourth-order valence-electron chi connectivity index (χ4n) is 1.47. The summed E-state index contributed by atoms with van der Waals surface area (Å²) in [5.74, 6) is -0.0360. The van der Waals surface area contributed by atoms with Gasteiger partial charge in [-0.05, 0) is 6.92 Å². The number of aryl methyl sites for hydroxylation is 2. The number of Topliss-reactive ketones (excluding diaryl/α,β-unsaturated/α-hetero) is 1. The predicted molar refractivity (Wildman–Crippen MR) is 63.1 cm³/mol. The first-order valence-electron chi connectivity index (χ1n) is 4.69. The van der Waals surface area contributed by atoms with Gasteiger partial charge in [-0.1, -0.05) is 11.6 Å². The maximum atomic E-state index is 11.8. The minimum absolute atomic E-state index is 0.0360. The van der Waals surface area contributed by atoms with E-state index in [0.717, 1.165) is 11.4 Å². The second-order valence-corrected chi connectivity index (χ2v) is 4.54. The van der Waals surface area contributed by atoms with E-state index in [1.54, 1.807) is 22.6 Å². The van der Waals surface area contributed by atoms with Crippen LogP contribution in [0.4, 0.5) is 0 Å². The quantitative estimate of drug-likeness (QED) is 0.791. The summed E-state index contributed by atoms with van der Waals surface area (Å²) in [7, 11) is 1.78. The van der Waals surface area contributed by atoms with Gasteiger partial charge < -0.3 is 0 Å². The Bertz CT molecular complexity index is 518. The summed E-state index contributed by atoms with van der Waals surface area (Å²) in [6, 6.07) is 0. The molecule has 6 heteroatoms. The highest BCUT2D eigenvalue weighted by molar-refractivity contribution is 7.07. The Morgan fingerprint density at radius 3 is 2.88 bits per heavy atom. The van der Waals surface area contributed by atoms with Crippen molar-refractivity contribution < 1.29 is 4.79 Å². The fourth-order valence-corrected chi connectivity index (χ4v) is 2.25. The van der Waals surface area contributed by atoms with E-state index in [1.807, 2.05) is 6.92 Å². The van der Waals surface area contributed by atoms with Crippen molar-refractivity contribution >= 4 is 28.7 Å². The number of carbonyl (C=O) groups excluding carboxylic acids is 1. The van der Waals surface area contributed by atoms with E-state index in [0.29, 0.717) is 10.7 Å². The van der Waals surface area contributed by atoms with Crippen molar-refractivity contribution in [2.24, 2.45) is 7.05 Å². The van der Waals surface area contributed by atoms with Gasteiger partial charge in [0.1, 0.15) is 5.69 Å². The molecule has 0 N–H and O–H groups in total. The van der Waals surface area contributed by atoms with Gasteiger partial charge in [-0.15, -0.1) is 11.3 Å². The second-order valence-electron chi connectivity index (χ2n) is 3.44. The molecule has 0 amide bonds. The smallest absolute Gasteiger partial charge is 0.188 e. The Kier molecular flexibility index (Phi) is 3.07. The van der Waals surface area contributed by atoms with Gasteiger partial charge in [-0.2, -0.15) is 5.10 Å². The highest BCUT2D eigenvalue weighted by Crippen LogP contribution is 2.21. The number of halogens is 1. The zero-order valence-corrected chi connectivity index (χ0v) is 10.5.